The number of hydrogen-bond donors (Lipinski definition) is 0. The summed E-state index contributed by atoms with van der Waals surface area (Å²) < 4.78 is 6.15. The fourth-order valence-electron chi connectivity index (χ4n) is 6.81. The van der Waals surface area contributed by atoms with Gasteiger partial charge in [0.1, 0.15) is 5.75 Å². The van der Waals surface area contributed by atoms with Crippen molar-refractivity contribution >= 4 is 5.91 Å². The second-order valence-electron chi connectivity index (χ2n) is 10.5. The van der Waals surface area contributed by atoms with E-state index in [2.05, 4.69) is 43.0 Å². The van der Waals surface area contributed by atoms with Crippen molar-refractivity contribution < 1.29 is 9.53 Å². The number of hydrogen-bond acceptors (Lipinski definition) is 3. The average Bonchev–Trinajstić information content (AvgIpc) is 3.18. The van der Waals surface area contributed by atoms with Crippen LogP contribution >= 0.6 is 0 Å². The Kier molecular flexibility index (Phi) is 5.62. The molecule has 1 saturated carbocycles. The second kappa shape index (κ2) is 8.27. The maximum Gasteiger partial charge on any atom is 0.226 e. The fraction of sp³-hybridized carbons (Fsp3) is 0.667. The zero-order chi connectivity index (χ0) is 21.6. The van der Waals surface area contributed by atoms with E-state index in [0.717, 1.165) is 50.6 Å². The minimum atomic E-state index is -0.0795. The van der Waals surface area contributed by atoms with E-state index in [0.29, 0.717) is 18.3 Å². The van der Waals surface area contributed by atoms with Gasteiger partial charge in [0.25, 0.3) is 0 Å². The van der Waals surface area contributed by atoms with E-state index >= 15 is 0 Å². The molecule has 4 heteroatoms. The summed E-state index contributed by atoms with van der Waals surface area (Å²) in [5.74, 6) is 2.47. The van der Waals surface area contributed by atoms with E-state index in [1.165, 1.54) is 42.5 Å². The molecule has 168 valence electrons. The molecule has 2 fully saturated rings. The van der Waals surface area contributed by atoms with Crippen molar-refractivity contribution in [3.8, 4) is 5.75 Å². The number of ether oxygens (including phenoxy) is 1. The maximum absolute atomic E-state index is 12.3. The Morgan fingerprint density at radius 2 is 2.06 bits per heavy atom. The zero-order valence-electron chi connectivity index (χ0n) is 19.5. The number of benzene rings is 1. The van der Waals surface area contributed by atoms with Crippen LogP contribution in [-0.2, 0) is 11.2 Å². The summed E-state index contributed by atoms with van der Waals surface area (Å²) in [5, 5.41) is 0. The molecule has 2 aliphatic carbocycles. The largest absolute Gasteiger partial charge is 0.494 e. The van der Waals surface area contributed by atoms with Crippen LogP contribution in [0.3, 0.4) is 0 Å². The normalized spacial score (nSPS) is 32.9. The van der Waals surface area contributed by atoms with Crippen molar-refractivity contribution in [1.82, 2.24) is 9.80 Å². The molecule has 0 spiro atoms. The number of fused-ring (bicyclic) bond motifs is 5. The van der Waals surface area contributed by atoms with E-state index in [9.17, 15) is 4.79 Å². The highest BCUT2D eigenvalue weighted by atomic mass is 16.5. The first-order valence-electron chi connectivity index (χ1n) is 12.4. The van der Waals surface area contributed by atoms with Crippen LogP contribution in [0, 0.1) is 5.92 Å². The number of carbonyl (C=O) groups excluding carboxylic acids is 1. The summed E-state index contributed by atoms with van der Waals surface area (Å²) in [6.07, 6.45) is 11.2. The molecular weight excluding hydrogens is 384 g/mol. The van der Waals surface area contributed by atoms with E-state index in [4.69, 9.17) is 4.74 Å². The fourth-order valence-corrected chi connectivity index (χ4v) is 6.81. The standard InChI is InChI=1S/C27H38N2O2/c1-19-6-4-15-29(19)16-5-17-31-21-8-10-22-20(18-21)7-9-24-23(22)13-14-27(2)25(24)11-12-26(30)28(27)3/h8,10-11,18-19,23-24H,4-7,9,12-17H2,1-3H3/t19-,23-,24-,27+/m1/s1. The molecular formula is C27H38N2O2. The molecule has 0 radical (unpaired) electrons. The lowest BCUT2D eigenvalue weighted by molar-refractivity contribution is -0.135. The molecule has 2 aliphatic heterocycles. The quantitative estimate of drug-likeness (QED) is 0.498. The second-order valence-corrected chi connectivity index (χ2v) is 10.5. The summed E-state index contributed by atoms with van der Waals surface area (Å²) in [5.41, 5.74) is 4.45. The summed E-state index contributed by atoms with van der Waals surface area (Å²) in [6, 6.07) is 7.58. The van der Waals surface area contributed by atoms with E-state index < -0.39 is 0 Å². The first-order valence-corrected chi connectivity index (χ1v) is 12.4. The van der Waals surface area contributed by atoms with Crippen molar-refractivity contribution in [2.45, 2.75) is 82.7 Å². The molecule has 5 rings (SSSR count). The Bertz CT molecular complexity index is 878. The molecule has 1 amide bonds. The lowest BCUT2D eigenvalue weighted by Crippen LogP contribution is -2.55. The van der Waals surface area contributed by atoms with Gasteiger partial charge in [0.05, 0.1) is 12.1 Å². The Morgan fingerprint density at radius 3 is 2.87 bits per heavy atom. The van der Waals surface area contributed by atoms with Crippen LogP contribution in [0.2, 0.25) is 0 Å². The third-order valence-corrected chi connectivity index (χ3v) is 8.85. The first-order chi connectivity index (χ1) is 15.0. The summed E-state index contributed by atoms with van der Waals surface area (Å²) in [4.78, 5) is 16.9. The molecule has 0 N–H and O–H groups in total. The van der Waals surface area contributed by atoms with Gasteiger partial charge >= 0.3 is 0 Å². The van der Waals surface area contributed by atoms with Gasteiger partial charge in [0, 0.05) is 26.1 Å². The third-order valence-electron chi connectivity index (χ3n) is 8.85. The molecule has 2 heterocycles. The van der Waals surface area contributed by atoms with Crippen LogP contribution in [0.25, 0.3) is 0 Å². The van der Waals surface area contributed by atoms with Crippen LogP contribution in [0.5, 0.6) is 5.75 Å². The van der Waals surface area contributed by atoms with E-state index in [1.807, 2.05) is 11.9 Å². The first kappa shape index (κ1) is 21.1. The van der Waals surface area contributed by atoms with Gasteiger partial charge in [0.2, 0.25) is 5.91 Å². The predicted octanol–water partition coefficient (Wildman–Crippen LogP) is 4.93. The Hall–Kier alpha value is -1.81. The number of likely N-dealkylation sites (N-methyl/N-ethyl adjacent to an activating group) is 1. The van der Waals surface area contributed by atoms with Gasteiger partial charge in [-0.15, -0.1) is 0 Å². The lowest BCUT2D eigenvalue weighted by atomic mass is 9.59. The highest BCUT2D eigenvalue weighted by Gasteiger charge is 2.48. The topological polar surface area (TPSA) is 32.8 Å². The summed E-state index contributed by atoms with van der Waals surface area (Å²) >= 11 is 0. The van der Waals surface area contributed by atoms with Gasteiger partial charge in [-0.2, -0.15) is 0 Å². The van der Waals surface area contributed by atoms with Crippen LogP contribution < -0.4 is 4.74 Å². The molecule has 1 aromatic rings. The van der Waals surface area contributed by atoms with Gasteiger partial charge in [-0.3, -0.25) is 4.79 Å². The molecule has 4 atom stereocenters. The summed E-state index contributed by atoms with van der Waals surface area (Å²) in [7, 11) is 2.00. The van der Waals surface area contributed by atoms with Gasteiger partial charge in [0.15, 0.2) is 0 Å². The van der Waals surface area contributed by atoms with Crippen LogP contribution in [-0.4, -0.2) is 54.0 Å². The number of likely N-dealkylation sites (tertiary alicyclic amines) is 1. The minimum Gasteiger partial charge on any atom is -0.494 e. The van der Waals surface area contributed by atoms with Crippen molar-refractivity contribution in [2.24, 2.45) is 5.92 Å². The van der Waals surface area contributed by atoms with Gasteiger partial charge < -0.3 is 14.5 Å². The summed E-state index contributed by atoms with van der Waals surface area (Å²) in [6.45, 7) is 7.83. The number of aryl methyl sites for hydroxylation is 1. The van der Waals surface area contributed by atoms with Gasteiger partial charge in [-0.05, 0) is 106 Å². The molecule has 31 heavy (non-hydrogen) atoms. The van der Waals surface area contributed by atoms with Crippen LogP contribution in [0.1, 0.15) is 75.8 Å². The minimum absolute atomic E-state index is 0.0795. The average molecular weight is 423 g/mol. The predicted molar refractivity (Wildman–Crippen MR) is 124 cm³/mol. The van der Waals surface area contributed by atoms with Gasteiger partial charge in [-0.1, -0.05) is 12.1 Å². The monoisotopic (exact) mass is 422 g/mol. The molecule has 1 saturated heterocycles. The lowest BCUT2D eigenvalue weighted by Gasteiger charge is -2.53. The number of rotatable bonds is 5. The molecule has 0 aromatic heterocycles. The number of amides is 1. The Balaban J connectivity index is 1.24. The van der Waals surface area contributed by atoms with E-state index in [-0.39, 0.29) is 11.4 Å². The van der Waals surface area contributed by atoms with Crippen molar-refractivity contribution in [1.29, 1.82) is 0 Å². The van der Waals surface area contributed by atoms with Crippen molar-refractivity contribution in [3.05, 3.63) is 41.0 Å². The molecule has 0 bridgehead atoms. The Morgan fingerprint density at radius 1 is 1.19 bits per heavy atom. The molecule has 4 aliphatic rings. The van der Waals surface area contributed by atoms with Crippen molar-refractivity contribution in [3.63, 3.8) is 0 Å². The zero-order valence-corrected chi connectivity index (χ0v) is 19.5. The SMILES string of the molecule is C[C@@H]1CCCN1CCCOc1ccc2c(c1)CC[C@H]1C3=CCC(=O)N(C)[C@@]3(C)CC[C@H]21. The Labute approximate surface area is 187 Å². The van der Waals surface area contributed by atoms with Crippen LogP contribution in [0.4, 0.5) is 0 Å². The molecule has 0 unspecified atom stereocenters. The maximum atomic E-state index is 12.3. The molecule has 4 nitrogen and oxygen atoms in total. The molecule has 1 aromatic carbocycles. The third kappa shape index (κ3) is 3.71. The van der Waals surface area contributed by atoms with Gasteiger partial charge in [-0.25, -0.2) is 0 Å². The smallest absolute Gasteiger partial charge is 0.226 e. The number of carbonyl (C=O) groups is 1. The van der Waals surface area contributed by atoms with E-state index in [1.54, 1.807) is 0 Å². The number of nitrogens with zero attached hydrogens (tertiary/aromatic N) is 2. The van der Waals surface area contributed by atoms with Crippen molar-refractivity contribution in [2.75, 3.05) is 26.7 Å². The highest BCUT2D eigenvalue weighted by molar-refractivity contribution is 5.81. The highest BCUT2D eigenvalue weighted by Crippen LogP contribution is 2.54. The van der Waals surface area contributed by atoms with Crippen LogP contribution in [0.15, 0.2) is 29.8 Å².